The molecule has 0 aliphatic heterocycles. The van der Waals surface area contributed by atoms with E-state index in [1.54, 1.807) is 23.7 Å². The summed E-state index contributed by atoms with van der Waals surface area (Å²) in [5.41, 5.74) is 4.36. The summed E-state index contributed by atoms with van der Waals surface area (Å²) in [5, 5.41) is 9.56. The summed E-state index contributed by atoms with van der Waals surface area (Å²) in [5.74, 6) is 0.698. The van der Waals surface area contributed by atoms with Crippen LogP contribution in [0.25, 0.3) is 0 Å². The first-order valence-electron chi connectivity index (χ1n) is 8.30. The quantitative estimate of drug-likeness (QED) is 0.512. The normalized spacial score (nSPS) is 10.5. The monoisotopic (exact) mass is 361 g/mol. The smallest absolute Gasteiger partial charge is 0.257 e. The maximum absolute atomic E-state index is 12.8. The topological polar surface area (TPSA) is 58.7 Å². The lowest BCUT2D eigenvalue weighted by molar-refractivity contribution is 0.683. The van der Waals surface area contributed by atoms with E-state index in [9.17, 15) is 4.79 Å². The molecule has 2 aromatic carbocycles. The summed E-state index contributed by atoms with van der Waals surface area (Å²) >= 11 is 1.53. The Labute approximate surface area is 157 Å². The zero-order valence-electron chi connectivity index (χ0n) is 14.8. The largest absolute Gasteiger partial charge is 0.291 e. The second-order valence-electron chi connectivity index (χ2n) is 6.08. The van der Waals surface area contributed by atoms with Crippen LogP contribution in [-0.2, 0) is 19.2 Å². The first-order chi connectivity index (χ1) is 12.6. The van der Waals surface area contributed by atoms with Crippen LogP contribution in [0.4, 0.5) is 0 Å². The Balaban J connectivity index is 1.80. The number of benzene rings is 2. The molecule has 0 N–H and O–H groups in total. The van der Waals surface area contributed by atoms with Gasteiger partial charge in [-0.25, -0.2) is 4.98 Å². The Hall–Kier alpha value is -2.84. The van der Waals surface area contributed by atoms with Crippen LogP contribution in [0.1, 0.15) is 27.9 Å². The van der Waals surface area contributed by atoms with Crippen LogP contribution < -0.4 is 5.56 Å². The SMILES string of the molecule is Cc1nc(SCc2ccc(C#N)cc2)n(C)c(=O)c1Cc1ccccc1. The van der Waals surface area contributed by atoms with E-state index in [-0.39, 0.29) is 5.56 Å². The van der Waals surface area contributed by atoms with Gasteiger partial charge in [-0.1, -0.05) is 54.2 Å². The van der Waals surface area contributed by atoms with Crippen molar-refractivity contribution in [1.82, 2.24) is 9.55 Å². The predicted molar refractivity (Wildman–Crippen MR) is 104 cm³/mol. The van der Waals surface area contributed by atoms with E-state index < -0.39 is 0 Å². The Morgan fingerprint density at radius 1 is 1.08 bits per heavy atom. The molecule has 0 fully saturated rings. The van der Waals surface area contributed by atoms with Crippen molar-refractivity contribution in [2.45, 2.75) is 24.3 Å². The van der Waals surface area contributed by atoms with Gasteiger partial charge < -0.3 is 0 Å². The summed E-state index contributed by atoms with van der Waals surface area (Å²) in [7, 11) is 1.77. The molecule has 0 bridgehead atoms. The van der Waals surface area contributed by atoms with Crippen LogP contribution in [0.2, 0.25) is 0 Å². The number of hydrogen-bond donors (Lipinski definition) is 0. The highest BCUT2D eigenvalue weighted by Crippen LogP contribution is 2.21. The van der Waals surface area contributed by atoms with Crippen molar-refractivity contribution in [3.63, 3.8) is 0 Å². The van der Waals surface area contributed by atoms with Gasteiger partial charge in [-0.3, -0.25) is 9.36 Å². The van der Waals surface area contributed by atoms with Gasteiger partial charge in [0.2, 0.25) is 0 Å². The highest BCUT2D eigenvalue weighted by Gasteiger charge is 2.13. The van der Waals surface area contributed by atoms with Gasteiger partial charge in [-0.05, 0) is 30.2 Å². The molecule has 26 heavy (non-hydrogen) atoms. The van der Waals surface area contributed by atoms with Crippen LogP contribution in [0.3, 0.4) is 0 Å². The molecule has 4 nitrogen and oxygen atoms in total. The van der Waals surface area contributed by atoms with Crippen molar-refractivity contribution in [2.24, 2.45) is 7.05 Å². The molecule has 0 aliphatic rings. The third-order valence-corrected chi connectivity index (χ3v) is 5.33. The number of hydrogen-bond acceptors (Lipinski definition) is 4. The fraction of sp³-hybridized carbons (Fsp3) is 0.190. The van der Waals surface area contributed by atoms with E-state index in [1.165, 1.54) is 11.8 Å². The highest BCUT2D eigenvalue weighted by atomic mass is 32.2. The third kappa shape index (κ3) is 4.04. The minimum atomic E-state index is 0.00341. The minimum Gasteiger partial charge on any atom is -0.291 e. The molecule has 0 unspecified atom stereocenters. The summed E-state index contributed by atoms with van der Waals surface area (Å²) < 4.78 is 1.62. The molecule has 3 aromatic rings. The fourth-order valence-electron chi connectivity index (χ4n) is 2.69. The average molecular weight is 361 g/mol. The Morgan fingerprint density at radius 2 is 1.77 bits per heavy atom. The average Bonchev–Trinajstić information content (AvgIpc) is 2.68. The maximum atomic E-state index is 12.8. The summed E-state index contributed by atoms with van der Waals surface area (Å²) in [6, 6.07) is 19.5. The molecule has 0 radical (unpaired) electrons. The Bertz CT molecular complexity index is 1000. The molecule has 3 rings (SSSR count). The molecule has 0 spiro atoms. The minimum absolute atomic E-state index is 0.00341. The van der Waals surface area contributed by atoms with Crippen LogP contribution in [0.15, 0.2) is 64.5 Å². The zero-order valence-corrected chi connectivity index (χ0v) is 15.6. The van der Waals surface area contributed by atoms with E-state index in [4.69, 9.17) is 5.26 Å². The van der Waals surface area contributed by atoms with Crippen molar-refractivity contribution in [3.8, 4) is 6.07 Å². The van der Waals surface area contributed by atoms with Crippen LogP contribution in [0, 0.1) is 18.3 Å². The van der Waals surface area contributed by atoms with Crippen LogP contribution in [-0.4, -0.2) is 9.55 Å². The lowest BCUT2D eigenvalue weighted by Crippen LogP contribution is -2.25. The van der Waals surface area contributed by atoms with Gasteiger partial charge in [-0.15, -0.1) is 0 Å². The fourth-order valence-corrected chi connectivity index (χ4v) is 3.65. The van der Waals surface area contributed by atoms with E-state index in [0.29, 0.717) is 22.9 Å². The maximum Gasteiger partial charge on any atom is 0.257 e. The molecule has 0 saturated carbocycles. The van der Waals surface area contributed by atoms with E-state index >= 15 is 0 Å². The molecule has 5 heteroatoms. The van der Waals surface area contributed by atoms with Crippen LogP contribution in [0.5, 0.6) is 0 Å². The van der Waals surface area contributed by atoms with E-state index in [2.05, 4.69) is 11.1 Å². The third-order valence-electron chi connectivity index (χ3n) is 4.22. The summed E-state index contributed by atoms with van der Waals surface area (Å²) in [4.78, 5) is 17.4. The molecule has 0 saturated heterocycles. The molecule has 1 aromatic heterocycles. The number of rotatable bonds is 5. The van der Waals surface area contributed by atoms with Gasteiger partial charge in [0, 0.05) is 30.5 Å². The second-order valence-corrected chi connectivity index (χ2v) is 7.02. The Morgan fingerprint density at radius 3 is 2.42 bits per heavy atom. The molecule has 130 valence electrons. The Kier molecular flexibility index (Phi) is 5.55. The van der Waals surface area contributed by atoms with Crippen molar-refractivity contribution >= 4 is 11.8 Å². The van der Waals surface area contributed by atoms with Gasteiger partial charge in [-0.2, -0.15) is 5.26 Å². The molecule has 0 aliphatic carbocycles. The number of aryl methyl sites for hydroxylation is 1. The van der Waals surface area contributed by atoms with Crippen LogP contribution >= 0.6 is 11.8 Å². The summed E-state index contributed by atoms with van der Waals surface area (Å²) in [6.45, 7) is 1.89. The van der Waals surface area contributed by atoms with E-state index in [1.807, 2.05) is 49.4 Å². The zero-order chi connectivity index (χ0) is 18.5. The standard InChI is InChI=1S/C21H19N3OS/c1-15-19(12-16-6-4-3-5-7-16)20(25)24(2)21(23-15)26-14-18-10-8-17(13-22)9-11-18/h3-11H,12,14H2,1-2H3. The molecule has 1 heterocycles. The lowest BCUT2D eigenvalue weighted by atomic mass is 10.1. The van der Waals surface area contributed by atoms with E-state index in [0.717, 1.165) is 22.4 Å². The van der Waals surface area contributed by atoms with Crippen molar-refractivity contribution in [2.75, 3.05) is 0 Å². The van der Waals surface area contributed by atoms with Crippen molar-refractivity contribution in [1.29, 1.82) is 5.26 Å². The number of thioether (sulfide) groups is 1. The molecule has 0 amide bonds. The molecular formula is C21H19N3OS. The lowest BCUT2D eigenvalue weighted by Gasteiger charge is -2.12. The molecular weight excluding hydrogens is 342 g/mol. The highest BCUT2D eigenvalue weighted by molar-refractivity contribution is 7.98. The van der Waals surface area contributed by atoms with Gasteiger partial charge in [0.25, 0.3) is 5.56 Å². The second kappa shape index (κ2) is 8.03. The first kappa shape index (κ1) is 18.0. The predicted octanol–water partition coefficient (Wildman–Crippen LogP) is 3.84. The van der Waals surface area contributed by atoms with Crippen molar-refractivity contribution in [3.05, 3.63) is 92.9 Å². The summed E-state index contributed by atoms with van der Waals surface area (Å²) in [6.07, 6.45) is 0.590. The van der Waals surface area contributed by atoms with Gasteiger partial charge in [0.15, 0.2) is 5.16 Å². The molecule has 0 atom stereocenters. The van der Waals surface area contributed by atoms with Gasteiger partial charge in [0.05, 0.1) is 11.6 Å². The number of aromatic nitrogens is 2. The van der Waals surface area contributed by atoms with Gasteiger partial charge in [0.1, 0.15) is 0 Å². The number of nitrogens with zero attached hydrogens (tertiary/aromatic N) is 3. The number of nitriles is 1. The van der Waals surface area contributed by atoms with Crippen molar-refractivity contribution < 1.29 is 0 Å². The first-order valence-corrected chi connectivity index (χ1v) is 9.29. The van der Waals surface area contributed by atoms with Gasteiger partial charge >= 0.3 is 0 Å².